The van der Waals surface area contributed by atoms with Crippen molar-refractivity contribution in [1.82, 2.24) is 24.5 Å². The highest BCUT2D eigenvalue weighted by Gasteiger charge is 2.33. The Bertz CT molecular complexity index is 1490. The Kier molecular flexibility index (Phi) is 8.00. The number of methoxy groups -OCH3 is 1. The number of anilines is 3. The normalized spacial score (nSPS) is 19.4. The molecule has 1 saturated heterocycles. The molecule has 1 saturated carbocycles. The number of fused-ring (bicyclic) bond motifs is 1. The average molecular weight is 568 g/mol. The topological polar surface area (TPSA) is 141 Å². The number of ether oxygens (including phenoxy) is 3. The molecule has 0 bridgehead atoms. The molecule has 0 spiro atoms. The standard InChI is InChI=1S/C28H37N7O6/c1-28(2,3)41-27(38)33(4)20-15-23(30-19-7-6-12-34(26(19)37)17-10-13-40-14-11-17)32-35-21(16-29-24(20)35)25(36)31-18-8-9-22(18)39-5/h6-7,12,15-18,22H,8-11,13-14H2,1-5H3,(H,30,32)(H,31,36)/t18-,22-/m0/s1. The quantitative estimate of drug-likeness (QED) is 0.440. The molecule has 2 atom stereocenters. The fourth-order valence-electron chi connectivity index (χ4n) is 5.00. The monoisotopic (exact) mass is 567 g/mol. The van der Waals surface area contributed by atoms with Crippen molar-refractivity contribution in [2.75, 3.05) is 37.6 Å². The molecule has 2 aliphatic rings. The molecule has 2 amide bonds. The van der Waals surface area contributed by atoms with Crippen LogP contribution in [0.25, 0.3) is 5.65 Å². The summed E-state index contributed by atoms with van der Waals surface area (Å²) < 4.78 is 19.5. The Balaban J connectivity index is 1.53. The van der Waals surface area contributed by atoms with Crippen LogP contribution in [0.4, 0.5) is 22.0 Å². The van der Waals surface area contributed by atoms with E-state index >= 15 is 0 Å². The van der Waals surface area contributed by atoms with Gasteiger partial charge < -0.3 is 29.4 Å². The molecular weight excluding hydrogens is 530 g/mol. The minimum Gasteiger partial charge on any atom is -0.443 e. The summed E-state index contributed by atoms with van der Waals surface area (Å²) in [4.78, 5) is 45.4. The molecule has 41 heavy (non-hydrogen) atoms. The third-order valence-corrected chi connectivity index (χ3v) is 7.36. The van der Waals surface area contributed by atoms with Crippen molar-refractivity contribution in [3.63, 3.8) is 0 Å². The summed E-state index contributed by atoms with van der Waals surface area (Å²) in [5, 5.41) is 10.7. The second-order valence-corrected chi connectivity index (χ2v) is 11.4. The van der Waals surface area contributed by atoms with E-state index in [1.54, 1.807) is 63.9 Å². The number of rotatable bonds is 7. The molecule has 0 unspecified atom stereocenters. The van der Waals surface area contributed by atoms with Crippen molar-refractivity contribution < 1.29 is 23.8 Å². The predicted molar refractivity (Wildman–Crippen MR) is 152 cm³/mol. The number of imidazole rings is 1. The molecule has 1 aliphatic carbocycles. The van der Waals surface area contributed by atoms with E-state index < -0.39 is 11.7 Å². The van der Waals surface area contributed by atoms with E-state index in [0.29, 0.717) is 24.6 Å². The average Bonchev–Trinajstić information content (AvgIpc) is 3.35. The van der Waals surface area contributed by atoms with Gasteiger partial charge in [-0.25, -0.2) is 14.3 Å². The summed E-state index contributed by atoms with van der Waals surface area (Å²) >= 11 is 0. The molecular formula is C28H37N7O6. The lowest BCUT2D eigenvalue weighted by atomic mass is 9.89. The molecule has 3 aromatic heterocycles. The third-order valence-electron chi connectivity index (χ3n) is 7.36. The predicted octanol–water partition coefficient (Wildman–Crippen LogP) is 3.26. The maximum atomic E-state index is 13.4. The van der Waals surface area contributed by atoms with Gasteiger partial charge in [0.05, 0.1) is 24.0 Å². The van der Waals surface area contributed by atoms with Crippen molar-refractivity contribution in [1.29, 1.82) is 0 Å². The number of pyridine rings is 1. The van der Waals surface area contributed by atoms with Gasteiger partial charge in [-0.3, -0.25) is 14.5 Å². The van der Waals surface area contributed by atoms with Crippen molar-refractivity contribution in [3.05, 3.63) is 46.6 Å². The van der Waals surface area contributed by atoms with Gasteiger partial charge in [-0.1, -0.05) is 0 Å². The molecule has 13 nitrogen and oxygen atoms in total. The first-order valence-corrected chi connectivity index (χ1v) is 13.8. The second-order valence-electron chi connectivity index (χ2n) is 11.4. The number of hydrogen-bond donors (Lipinski definition) is 2. The number of hydrogen-bond acceptors (Lipinski definition) is 9. The fraction of sp³-hybridized carbons (Fsp3) is 0.536. The maximum Gasteiger partial charge on any atom is 0.414 e. The van der Waals surface area contributed by atoms with E-state index in [4.69, 9.17) is 14.2 Å². The van der Waals surface area contributed by atoms with Crippen LogP contribution in [-0.4, -0.2) is 76.3 Å². The van der Waals surface area contributed by atoms with Crippen LogP contribution in [-0.2, 0) is 14.2 Å². The number of amides is 2. The van der Waals surface area contributed by atoms with Crippen molar-refractivity contribution in [2.45, 2.75) is 70.2 Å². The summed E-state index contributed by atoms with van der Waals surface area (Å²) in [7, 11) is 3.18. The molecule has 13 heteroatoms. The highest BCUT2D eigenvalue weighted by molar-refractivity contribution is 5.96. The van der Waals surface area contributed by atoms with E-state index in [9.17, 15) is 14.4 Å². The zero-order valence-electron chi connectivity index (χ0n) is 24.0. The van der Waals surface area contributed by atoms with E-state index in [-0.39, 0.29) is 46.8 Å². The van der Waals surface area contributed by atoms with Gasteiger partial charge in [-0.05, 0) is 58.6 Å². The molecule has 0 radical (unpaired) electrons. The molecule has 1 aliphatic heterocycles. The second kappa shape index (κ2) is 11.5. The molecule has 4 heterocycles. The summed E-state index contributed by atoms with van der Waals surface area (Å²) in [5.41, 5.74) is 0.170. The van der Waals surface area contributed by atoms with Gasteiger partial charge in [0.15, 0.2) is 17.2 Å². The zero-order valence-corrected chi connectivity index (χ0v) is 24.0. The largest absolute Gasteiger partial charge is 0.443 e. The SMILES string of the molecule is CO[C@H]1CC[C@@H]1NC(=O)c1cnc2c(N(C)C(=O)OC(C)(C)C)cc(Nc3cccn(C4CCOCC4)c3=O)nn12. The first-order valence-electron chi connectivity index (χ1n) is 13.8. The van der Waals surface area contributed by atoms with Gasteiger partial charge in [0.1, 0.15) is 11.3 Å². The van der Waals surface area contributed by atoms with Gasteiger partial charge >= 0.3 is 6.09 Å². The molecule has 2 fully saturated rings. The Hall–Kier alpha value is -3.97. The maximum absolute atomic E-state index is 13.4. The lowest BCUT2D eigenvalue weighted by Crippen LogP contribution is -2.51. The summed E-state index contributed by atoms with van der Waals surface area (Å²) in [6.45, 7) is 6.53. The minimum atomic E-state index is -0.726. The highest BCUT2D eigenvalue weighted by atomic mass is 16.6. The van der Waals surface area contributed by atoms with Crippen LogP contribution in [0.1, 0.15) is 63.0 Å². The Morgan fingerprint density at radius 1 is 1.17 bits per heavy atom. The number of nitrogens with zero attached hydrogens (tertiary/aromatic N) is 5. The van der Waals surface area contributed by atoms with Crippen LogP contribution in [0.2, 0.25) is 0 Å². The van der Waals surface area contributed by atoms with E-state index in [2.05, 4.69) is 20.7 Å². The number of carbonyl (C=O) groups excluding carboxylic acids is 2. The molecule has 5 rings (SSSR count). The van der Waals surface area contributed by atoms with Crippen molar-refractivity contribution in [3.8, 4) is 0 Å². The van der Waals surface area contributed by atoms with E-state index in [0.717, 1.165) is 25.7 Å². The number of nitrogens with one attached hydrogen (secondary N) is 2. The molecule has 2 N–H and O–H groups in total. The smallest absolute Gasteiger partial charge is 0.414 e. The molecule has 220 valence electrons. The van der Waals surface area contributed by atoms with E-state index in [1.807, 2.05) is 0 Å². The molecule has 3 aromatic rings. The summed E-state index contributed by atoms with van der Waals surface area (Å²) in [6, 6.07) is 4.99. The fourth-order valence-corrected chi connectivity index (χ4v) is 5.00. The van der Waals surface area contributed by atoms with Crippen LogP contribution in [0.3, 0.4) is 0 Å². The van der Waals surface area contributed by atoms with Gasteiger partial charge in [0.2, 0.25) is 0 Å². The van der Waals surface area contributed by atoms with Gasteiger partial charge in [0.25, 0.3) is 11.5 Å². The van der Waals surface area contributed by atoms with E-state index in [1.165, 1.54) is 15.6 Å². The van der Waals surface area contributed by atoms with Gasteiger partial charge in [0, 0.05) is 45.7 Å². The van der Waals surface area contributed by atoms with Crippen LogP contribution in [0.15, 0.2) is 35.4 Å². The Labute approximate surface area is 237 Å². The first kappa shape index (κ1) is 28.6. The summed E-state index contributed by atoms with van der Waals surface area (Å²) in [5.74, 6) is -0.128. The number of aromatic nitrogens is 4. The lowest BCUT2D eigenvalue weighted by molar-refractivity contribution is 0.00718. The Morgan fingerprint density at radius 2 is 1.93 bits per heavy atom. The lowest BCUT2D eigenvalue weighted by Gasteiger charge is -2.35. The third kappa shape index (κ3) is 6.05. The van der Waals surface area contributed by atoms with Crippen LogP contribution in [0.5, 0.6) is 0 Å². The molecule has 0 aromatic carbocycles. The summed E-state index contributed by atoms with van der Waals surface area (Å²) in [6.07, 6.45) is 5.70. The Morgan fingerprint density at radius 3 is 2.59 bits per heavy atom. The van der Waals surface area contributed by atoms with Crippen molar-refractivity contribution >= 4 is 34.8 Å². The van der Waals surface area contributed by atoms with Crippen LogP contribution < -0.4 is 21.1 Å². The van der Waals surface area contributed by atoms with Gasteiger partial charge in [-0.2, -0.15) is 0 Å². The minimum absolute atomic E-state index is 0.0358. The van der Waals surface area contributed by atoms with Crippen LogP contribution >= 0.6 is 0 Å². The highest BCUT2D eigenvalue weighted by Crippen LogP contribution is 2.28. The van der Waals surface area contributed by atoms with Gasteiger partial charge in [-0.15, -0.1) is 5.10 Å². The zero-order chi connectivity index (χ0) is 29.3. The van der Waals surface area contributed by atoms with Crippen molar-refractivity contribution in [2.24, 2.45) is 0 Å². The first-order chi connectivity index (χ1) is 19.6. The van der Waals surface area contributed by atoms with Crippen LogP contribution in [0, 0.1) is 0 Å². The number of carbonyl (C=O) groups is 2.